The van der Waals surface area contributed by atoms with Gasteiger partial charge >= 0.3 is 0 Å². The van der Waals surface area contributed by atoms with Gasteiger partial charge in [-0.2, -0.15) is 0 Å². The molecule has 0 bridgehead atoms. The largest absolute Gasteiger partial charge is 0.492 e. The van der Waals surface area contributed by atoms with E-state index in [9.17, 15) is 14.4 Å². The Bertz CT molecular complexity index is 1050. The lowest BCUT2D eigenvalue weighted by Gasteiger charge is -2.25. The Morgan fingerprint density at radius 2 is 1.97 bits per heavy atom. The van der Waals surface area contributed by atoms with Gasteiger partial charge in [-0.3, -0.25) is 19.4 Å². The van der Waals surface area contributed by atoms with Crippen LogP contribution >= 0.6 is 11.6 Å². The number of nitrogens with one attached hydrogen (secondary N) is 1. The topological polar surface area (TPSA) is 124 Å². The number of anilines is 1. The second-order valence-corrected chi connectivity index (χ2v) is 8.48. The standard InChI is InChI=1S/C25H29ClN4O5/c26-19-14-18(15-21(16-19)34-13-10-29-20-5-8-28-9-6-20)25(33)30(11-3-1-2-4-24(27)32)17-23-22(31)7-12-35-23/h5-9,12,14-16,23H,1-4,10-11,13,17H2,(H2,27,32)(H,28,29). The molecular formula is C25H29ClN4O5. The van der Waals surface area contributed by atoms with E-state index < -0.39 is 6.10 Å². The number of unbranched alkanes of at least 4 members (excludes halogenated alkanes) is 2. The Morgan fingerprint density at radius 1 is 1.17 bits per heavy atom. The Labute approximate surface area is 209 Å². The van der Waals surface area contributed by atoms with E-state index in [-0.39, 0.29) is 24.1 Å². The van der Waals surface area contributed by atoms with Gasteiger partial charge in [-0.15, -0.1) is 0 Å². The molecule has 1 atom stereocenters. The van der Waals surface area contributed by atoms with Crippen molar-refractivity contribution in [2.24, 2.45) is 5.73 Å². The lowest BCUT2D eigenvalue weighted by molar-refractivity contribution is -0.121. The van der Waals surface area contributed by atoms with Crippen LogP contribution in [-0.4, -0.2) is 59.8 Å². The second kappa shape index (κ2) is 13.3. The SMILES string of the molecule is NC(=O)CCCCCN(CC1OC=CC1=O)C(=O)c1cc(Cl)cc(OCCNc2ccncc2)c1. The number of carbonyl (C=O) groups is 3. The highest BCUT2D eigenvalue weighted by Crippen LogP contribution is 2.23. The molecule has 2 amide bonds. The number of aromatic nitrogens is 1. The average Bonchev–Trinajstić information content (AvgIpc) is 3.24. The number of nitrogens with zero attached hydrogens (tertiary/aromatic N) is 2. The summed E-state index contributed by atoms with van der Waals surface area (Å²) in [6, 6.07) is 8.56. The number of ketones is 1. The number of hydrogen-bond donors (Lipinski definition) is 2. The molecule has 3 rings (SSSR count). The van der Waals surface area contributed by atoms with Gasteiger partial charge in [-0.05, 0) is 43.2 Å². The summed E-state index contributed by atoms with van der Waals surface area (Å²) < 4.78 is 11.1. The van der Waals surface area contributed by atoms with E-state index in [2.05, 4.69) is 10.3 Å². The summed E-state index contributed by atoms with van der Waals surface area (Å²) in [5.74, 6) is -0.358. The molecular weight excluding hydrogens is 472 g/mol. The van der Waals surface area contributed by atoms with Crippen molar-refractivity contribution in [1.29, 1.82) is 0 Å². The molecule has 1 aliphatic rings. The van der Waals surface area contributed by atoms with Crippen molar-refractivity contribution in [3.05, 3.63) is 65.6 Å². The summed E-state index contributed by atoms with van der Waals surface area (Å²) in [7, 11) is 0. The minimum absolute atomic E-state index is 0.110. The number of hydrogen-bond acceptors (Lipinski definition) is 7. The van der Waals surface area contributed by atoms with Crippen LogP contribution in [0.2, 0.25) is 5.02 Å². The molecule has 1 aromatic heterocycles. The highest BCUT2D eigenvalue weighted by molar-refractivity contribution is 6.31. The number of rotatable bonds is 14. The van der Waals surface area contributed by atoms with Crippen LogP contribution in [0, 0.1) is 0 Å². The lowest BCUT2D eigenvalue weighted by Crippen LogP contribution is -2.40. The molecule has 0 spiro atoms. The van der Waals surface area contributed by atoms with E-state index in [1.54, 1.807) is 35.5 Å². The molecule has 1 aromatic carbocycles. The predicted octanol–water partition coefficient (Wildman–Crippen LogP) is 3.20. The first kappa shape index (κ1) is 26.0. The molecule has 0 fully saturated rings. The van der Waals surface area contributed by atoms with Crippen molar-refractivity contribution in [3.8, 4) is 5.75 Å². The number of amides is 2. The van der Waals surface area contributed by atoms with Gasteiger partial charge in [-0.25, -0.2) is 0 Å². The van der Waals surface area contributed by atoms with Crippen molar-refractivity contribution in [2.45, 2.75) is 31.8 Å². The molecule has 2 aromatic rings. The molecule has 0 saturated carbocycles. The number of ether oxygens (including phenoxy) is 2. The van der Waals surface area contributed by atoms with E-state index in [0.29, 0.717) is 55.3 Å². The van der Waals surface area contributed by atoms with Gasteiger partial charge in [0.05, 0.1) is 12.8 Å². The van der Waals surface area contributed by atoms with Crippen LogP contribution in [0.15, 0.2) is 55.1 Å². The maximum absolute atomic E-state index is 13.4. The molecule has 35 heavy (non-hydrogen) atoms. The number of benzene rings is 1. The van der Waals surface area contributed by atoms with Gasteiger partial charge in [0.25, 0.3) is 5.91 Å². The van der Waals surface area contributed by atoms with Gasteiger partial charge in [0.15, 0.2) is 6.10 Å². The summed E-state index contributed by atoms with van der Waals surface area (Å²) in [4.78, 5) is 41.9. The molecule has 2 heterocycles. The zero-order valence-corrected chi connectivity index (χ0v) is 20.1. The summed E-state index contributed by atoms with van der Waals surface area (Å²) >= 11 is 6.27. The molecule has 186 valence electrons. The third-order valence-corrected chi connectivity index (χ3v) is 5.53. The maximum atomic E-state index is 13.4. The third kappa shape index (κ3) is 8.60. The van der Waals surface area contributed by atoms with E-state index in [1.807, 2.05) is 12.1 Å². The fraction of sp³-hybridized carbons (Fsp3) is 0.360. The monoisotopic (exact) mass is 500 g/mol. The minimum atomic E-state index is -0.737. The van der Waals surface area contributed by atoms with Crippen molar-refractivity contribution in [2.75, 3.05) is 31.6 Å². The normalized spacial score (nSPS) is 14.4. The molecule has 3 N–H and O–H groups in total. The second-order valence-electron chi connectivity index (χ2n) is 8.04. The number of halogens is 1. The van der Waals surface area contributed by atoms with Gasteiger partial charge in [0.1, 0.15) is 12.4 Å². The molecule has 10 heteroatoms. The van der Waals surface area contributed by atoms with Gasteiger partial charge in [0, 0.05) is 54.3 Å². The van der Waals surface area contributed by atoms with Gasteiger partial charge in [0.2, 0.25) is 11.7 Å². The van der Waals surface area contributed by atoms with Crippen LogP contribution in [0.3, 0.4) is 0 Å². The molecule has 1 aliphatic heterocycles. The maximum Gasteiger partial charge on any atom is 0.254 e. The van der Waals surface area contributed by atoms with E-state index in [0.717, 1.165) is 12.1 Å². The van der Waals surface area contributed by atoms with Crippen LogP contribution in [0.4, 0.5) is 5.69 Å². The first-order chi connectivity index (χ1) is 16.9. The quantitative estimate of drug-likeness (QED) is 0.382. The Hall–Kier alpha value is -3.59. The Balaban J connectivity index is 1.61. The summed E-state index contributed by atoms with van der Waals surface area (Å²) in [5.41, 5.74) is 6.47. The molecule has 0 radical (unpaired) electrons. The smallest absolute Gasteiger partial charge is 0.254 e. The Kier molecular flexibility index (Phi) is 9.92. The number of primary amides is 1. The highest BCUT2D eigenvalue weighted by atomic mass is 35.5. The number of carbonyl (C=O) groups excluding carboxylic acids is 3. The first-order valence-electron chi connectivity index (χ1n) is 11.4. The van der Waals surface area contributed by atoms with Gasteiger partial charge < -0.3 is 25.4 Å². The van der Waals surface area contributed by atoms with E-state index >= 15 is 0 Å². The molecule has 0 aliphatic carbocycles. The van der Waals surface area contributed by atoms with E-state index in [1.165, 1.54) is 12.3 Å². The zero-order chi connectivity index (χ0) is 25.0. The van der Waals surface area contributed by atoms with Crippen LogP contribution in [0.1, 0.15) is 36.0 Å². The first-order valence-corrected chi connectivity index (χ1v) is 11.8. The van der Waals surface area contributed by atoms with Crippen LogP contribution in [-0.2, 0) is 14.3 Å². The van der Waals surface area contributed by atoms with Crippen LogP contribution < -0.4 is 15.8 Å². The van der Waals surface area contributed by atoms with Crippen molar-refractivity contribution < 1.29 is 23.9 Å². The van der Waals surface area contributed by atoms with Crippen molar-refractivity contribution in [1.82, 2.24) is 9.88 Å². The third-order valence-electron chi connectivity index (χ3n) is 5.32. The predicted molar refractivity (Wildman–Crippen MR) is 132 cm³/mol. The average molecular weight is 501 g/mol. The fourth-order valence-corrected chi connectivity index (χ4v) is 3.77. The summed E-state index contributed by atoms with van der Waals surface area (Å²) in [6.07, 6.45) is 7.66. The van der Waals surface area contributed by atoms with Crippen LogP contribution in [0.25, 0.3) is 0 Å². The number of pyridine rings is 1. The van der Waals surface area contributed by atoms with E-state index in [4.69, 9.17) is 26.8 Å². The summed E-state index contributed by atoms with van der Waals surface area (Å²) in [5, 5.41) is 3.58. The molecule has 1 unspecified atom stereocenters. The Morgan fingerprint density at radius 3 is 2.69 bits per heavy atom. The summed E-state index contributed by atoms with van der Waals surface area (Å²) in [6.45, 7) is 1.41. The van der Waals surface area contributed by atoms with Crippen molar-refractivity contribution >= 4 is 34.9 Å². The minimum Gasteiger partial charge on any atom is -0.492 e. The molecule has 0 saturated heterocycles. The highest BCUT2D eigenvalue weighted by Gasteiger charge is 2.27. The zero-order valence-electron chi connectivity index (χ0n) is 19.3. The van der Waals surface area contributed by atoms with Gasteiger partial charge in [-0.1, -0.05) is 18.0 Å². The number of nitrogens with two attached hydrogens (primary N) is 1. The fourth-order valence-electron chi connectivity index (χ4n) is 3.55. The van der Waals surface area contributed by atoms with Crippen molar-refractivity contribution in [3.63, 3.8) is 0 Å². The lowest BCUT2D eigenvalue weighted by atomic mass is 10.1. The molecule has 9 nitrogen and oxygen atoms in total. The van der Waals surface area contributed by atoms with Crippen LogP contribution in [0.5, 0.6) is 5.75 Å².